The second-order valence-electron chi connectivity index (χ2n) is 6.84. The van der Waals surface area contributed by atoms with E-state index in [1.807, 2.05) is 36.0 Å². The Balaban J connectivity index is 2.00. The Morgan fingerprint density at radius 1 is 1.24 bits per heavy atom. The van der Waals surface area contributed by atoms with Crippen LogP contribution in [0.2, 0.25) is 0 Å². The van der Waals surface area contributed by atoms with E-state index in [0.717, 1.165) is 29.0 Å². The van der Waals surface area contributed by atoms with E-state index in [1.54, 1.807) is 0 Å². The average Bonchev–Trinajstić information content (AvgIpc) is 2.81. The van der Waals surface area contributed by atoms with E-state index in [-0.39, 0.29) is 17.6 Å². The van der Waals surface area contributed by atoms with Crippen LogP contribution in [0.1, 0.15) is 56.2 Å². The van der Waals surface area contributed by atoms with E-state index in [9.17, 15) is 0 Å². The molecule has 0 saturated heterocycles. The van der Waals surface area contributed by atoms with E-state index in [4.69, 9.17) is 10.5 Å². The number of rotatable bonds is 1. The summed E-state index contributed by atoms with van der Waals surface area (Å²) in [4.78, 5) is 0. The highest BCUT2D eigenvalue weighted by molar-refractivity contribution is 5.39. The van der Waals surface area contributed by atoms with Crippen molar-refractivity contribution in [1.82, 2.24) is 9.78 Å². The molecule has 0 bridgehead atoms. The van der Waals surface area contributed by atoms with E-state index < -0.39 is 0 Å². The van der Waals surface area contributed by atoms with Gasteiger partial charge in [0.1, 0.15) is 11.9 Å². The summed E-state index contributed by atoms with van der Waals surface area (Å²) in [6.07, 6.45) is 2.82. The number of hydrogen-bond acceptors (Lipinski definition) is 3. The fourth-order valence-corrected chi connectivity index (χ4v) is 2.97. The summed E-state index contributed by atoms with van der Waals surface area (Å²) >= 11 is 0. The molecule has 0 fully saturated rings. The molecule has 0 saturated carbocycles. The number of ether oxygens (including phenoxy) is 1. The Labute approximate surface area is 125 Å². The first-order valence-corrected chi connectivity index (χ1v) is 7.41. The van der Waals surface area contributed by atoms with Crippen LogP contribution in [0, 0.1) is 0 Å². The Kier molecular flexibility index (Phi) is 3.29. The Morgan fingerprint density at radius 3 is 2.67 bits per heavy atom. The smallest absolute Gasteiger partial charge is 0.129 e. The van der Waals surface area contributed by atoms with Gasteiger partial charge in [-0.15, -0.1) is 0 Å². The van der Waals surface area contributed by atoms with Crippen molar-refractivity contribution in [2.24, 2.45) is 12.8 Å². The third-order valence-corrected chi connectivity index (χ3v) is 3.97. The van der Waals surface area contributed by atoms with E-state index >= 15 is 0 Å². The van der Waals surface area contributed by atoms with Gasteiger partial charge >= 0.3 is 0 Å². The molecular weight excluding hydrogens is 262 g/mol. The molecule has 21 heavy (non-hydrogen) atoms. The van der Waals surface area contributed by atoms with Crippen molar-refractivity contribution in [2.45, 2.75) is 44.8 Å². The average molecular weight is 285 g/mol. The number of para-hydroxylation sites is 1. The van der Waals surface area contributed by atoms with Crippen molar-refractivity contribution in [3.8, 4) is 5.75 Å². The molecule has 2 heterocycles. The van der Waals surface area contributed by atoms with Crippen LogP contribution >= 0.6 is 0 Å². The highest BCUT2D eigenvalue weighted by Gasteiger charge is 2.32. The van der Waals surface area contributed by atoms with Gasteiger partial charge in [-0.25, -0.2) is 0 Å². The Morgan fingerprint density at radius 2 is 1.95 bits per heavy atom. The minimum Gasteiger partial charge on any atom is -0.485 e. The van der Waals surface area contributed by atoms with Gasteiger partial charge in [0.15, 0.2) is 0 Å². The lowest BCUT2D eigenvalue weighted by Crippen LogP contribution is -2.26. The van der Waals surface area contributed by atoms with Gasteiger partial charge in [-0.05, 0) is 6.07 Å². The lowest BCUT2D eigenvalue weighted by atomic mass is 9.85. The van der Waals surface area contributed by atoms with Gasteiger partial charge in [-0.1, -0.05) is 39.0 Å². The lowest BCUT2D eigenvalue weighted by Gasteiger charge is -2.31. The maximum Gasteiger partial charge on any atom is 0.129 e. The molecule has 2 atom stereocenters. The van der Waals surface area contributed by atoms with E-state index in [0.29, 0.717) is 0 Å². The number of fused-ring (bicyclic) bond motifs is 1. The molecular formula is C17H23N3O. The molecule has 1 aromatic carbocycles. The third-order valence-electron chi connectivity index (χ3n) is 3.97. The maximum absolute atomic E-state index is 6.33. The summed E-state index contributed by atoms with van der Waals surface area (Å²) in [6.45, 7) is 6.53. The molecule has 3 rings (SSSR count). The Hall–Kier alpha value is -1.81. The summed E-state index contributed by atoms with van der Waals surface area (Å²) < 4.78 is 8.07. The number of nitrogens with two attached hydrogens (primary N) is 1. The van der Waals surface area contributed by atoms with Crippen LogP contribution < -0.4 is 10.5 Å². The molecule has 2 aromatic rings. The molecule has 112 valence electrons. The first kappa shape index (κ1) is 14.1. The molecule has 1 aromatic heterocycles. The molecule has 0 spiro atoms. The molecule has 1 aliphatic rings. The van der Waals surface area contributed by atoms with Crippen LogP contribution in [0.15, 0.2) is 30.5 Å². The lowest BCUT2D eigenvalue weighted by molar-refractivity contribution is 0.159. The predicted molar refractivity (Wildman–Crippen MR) is 83.3 cm³/mol. The van der Waals surface area contributed by atoms with Crippen molar-refractivity contribution < 1.29 is 4.74 Å². The second kappa shape index (κ2) is 4.88. The van der Waals surface area contributed by atoms with E-state index in [2.05, 4.69) is 32.1 Å². The van der Waals surface area contributed by atoms with Crippen molar-refractivity contribution in [1.29, 1.82) is 0 Å². The number of hydrogen-bond donors (Lipinski definition) is 1. The van der Waals surface area contributed by atoms with Gasteiger partial charge in [-0.2, -0.15) is 5.10 Å². The van der Waals surface area contributed by atoms with Gasteiger partial charge in [0.2, 0.25) is 0 Å². The number of benzene rings is 1. The van der Waals surface area contributed by atoms with Crippen LogP contribution in [0.5, 0.6) is 5.75 Å². The van der Waals surface area contributed by atoms with Gasteiger partial charge in [0.25, 0.3) is 0 Å². The number of nitrogens with zero attached hydrogens (tertiary/aromatic N) is 2. The summed E-state index contributed by atoms with van der Waals surface area (Å²) in [6, 6.07) is 8.04. The first-order chi connectivity index (χ1) is 9.86. The summed E-state index contributed by atoms with van der Waals surface area (Å²) in [7, 11) is 1.95. The topological polar surface area (TPSA) is 53.1 Å². The van der Waals surface area contributed by atoms with E-state index in [1.165, 1.54) is 0 Å². The van der Waals surface area contributed by atoms with Crippen LogP contribution in [0.3, 0.4) is 0 Å². The zero-order chi connectivity index (χ0) is 15.2. The van der Waals surface area contributed by atoms with Crippen LogP contribution in [0.25, 0.3) is 0 Å². The van der Waals surface area contributed by atoms with Crippen LogP contribution in [0.4, 0.5) is 0 Å². The quantitative estimate of drug-likeness (QED) is 0.875. The number of aryl methyl sites for hydroxylation is 1. The zero-order valence-corrected chi connectivity index (χ0v) is 13.1. The maximum atomic E-state index is 6.33. The fourth-order valence-electron chi connectivity index (χ4n) is 2.97. The molecule has 0 radical (unpaired) electrons. The third kappa shape index (κ3) is 2.56. The van der Waals surface area contributed by atoms with Crippen molar-refractivity contribution >= 4 is 0 Å². The van der Waals surface area contributed by atoms with Gasteiger partial charge in [0, 0.05) is 42.2 Å². The van der Waals surface area contributed by atoms with Crippen molar-refractivity contribution in [3.63, 3.8) is 0 Å². The zero-order valence-electron chi connectivity index (χ0n) is 13.1. The standard InChI is InChI=1S/C17H23N3O/c1-17(2,3)16-12(10-20(4)19-16)15-9-13(18)11-7-5-6-8-14(11)21-15/h5-8,10,13,15H,9,18H2,1-4H3. The molecule has 0 aliphatic carbocycles. The second-order valence-corrected chi connectivity index (χ2v) is 6.84. The molecule has 1 aliphatic heterocycles. The first-order valence-electron chi connectivity index (χ1n) is 7.41. The Bertz CT molecular complexity index is 654. The van der Waals surface area contributed by atoms with Crippen LogP contribution in [-0.4, -0.2) is 9.78 Å². The molecule has 4 heteroatoms. The van der Waals surface area contributed by atoms with Crippen LogP contribution in [-0.2, 0) is 12.5 Å². The van der Waals surface area contributed by atoms with Gasteiger partial charge < -0.3 is 10.5 Å². The van der Waals surface area contributed by atoms with Crippen molar-refractivity contribution in [3.05, 3.63) is 47.3 Å². The number of aromatic nitrogens is 2. The summed E-state index contributed by atoms with van der Waals surface area (Å²) in [5, 5.41) is 4.63. The molecule has 0 amide bonds. The highest BCUT2D eigenvalue weighted by atomic mass is 16.5. The normalized spacial score (nSPS) is 21.8. The predicted octanol–water partition coefficient (Wildman–Crippen LogP) is 3.24. The summed E-state index contributed by atoms with van der Waals surface area (Å²) in [5.74, 6) is 0.893. The minimum atomic E-state index is -0.0298. The SMILES string of the molecule is Cn1cc(C2CC(N)c3ccccc3O2)c(C(C)(C)C)n1. The van der Waals surface area contributed by atoms with Gasteiger partial charge in [-0.3, -0.25) is 4.68 Å². The highest BCUT2D eigenvalue weighted by Crippen LogP contribution is 2.41. The largest absolute Gasteiger partial charge is 0.485 e. The molecule has 2 unspecified atom stereocenters. The molecule has 2 N–H and O–H groups in total. The fraction of sp³-hybridized carbons (Fsp3) is 0.471. The summed E-state index contributed by atoms with van der Waals surface area (Å²) in [5.41, 5.74) is 9.65. The minimum absolute atomic E-state index is 0.00738. The van der Waals surface area contributed by atoms with Gasteiger partial charge in [0.05, 0.1) is 5.69 Å². The molecule has 4 nitrogen and oxygen atoms in total. The van der Waals surface area contributed by atoms with Crippen molar-refractivity contribution in [2.75, 3.05) is 0 Å². The monoisotopic (exact) mass is 285 g/mol.